The van der Waals surface area contributed by atoms with Gasteiger partial charge in [0.25, 0.3) is 5.91 Å². The van der Waals surface area contributed by atoms with E-state index in [4.69, 9.17) is 51.4 Å². The molecule has 1 aliphatic rings. The monoisotopic (exact) mass is 529 g/mol. The maximum Gasteiger partial charge on any atom is 0.251 e. The summed E-state index contributed by atoms with van der Waals surface area (Å²) in [6.07, 6.45) is 0. The van der Waals surface area contributed by atoms with Crippen LogP contribution in [0.2, 0.25) is 20.1 Å². The Morgan fingerprint density at radius 2 is 1.71 bits per heavy atom. The number of fused-ring (bicyclic) bond motifs is 3. The highest BCUT2D eigenvalue weighted by molar-refractivity contribution is 6.42. The first kappa shape index (κ1) is 22.9. The van der Waals surface area contributed by atoms with Crippen LogP contribution in [0.3, 0.4) is 0 Å². The molecule has 0 fully saturated rings. The van der Waals surface area contributed by atoms with Crippen LogP contribution in [0.1, 0.15) is 33.1 Å². The number of aliphatic imine (C=N–C) groups is 1. The Kier molecular flexibility index (Phi) is 6.32. The third kappa shape index (κ3) is 4.30. The Bertz CT molecular complexity index is 1460. The molecule has 4 aromatic rings. The number of rotatable bonds is 4. The SMILES string of the molecule is O=C(NCc1nnc2n1-c1ccc(Cl)cc1C(c1ccccc1Cl)=NC2)c1ccc(Cl)c(Cl)c1. The average molecular weight is 531 g/mol. The lowest BCUT2D eigenvalue weighted by atomic mass is 10.0. The van der Waals surface area contributed by atoms with Crippen LogP contribution >= 0.6 is 46.4 Å². The van der Waals surface area contributed by atoms with Crippen molar-refractivity contribution in [2.75, 3.05) is 0 Å². The van der Waals surface area contributed by atoms with Crippen LogP contribution in [0.25, 0.3) is 5.69 Å². The molecule has 1 N–H and O–H groups in total. The highest BCUT2D eigenvalue weighted by Gasteiger charge is 2.24. The van der Waals surface area contributed by atoms with Gasteiger partial charge in [0, 0.05) is 26.7 Å². The quantitative estimate of drug-likeness (QED) is 0.343. The van der Waals surface area contributed by atoms with E-state index < -0.39 is 0 Å². The lowest BCUT2D eigenvalue weighted by Crippen LogP contribution is -2.25. The highest BCUT2D eigenvalue weighted by Crippen LogP contribution is 2.30. The molecule has 0 unspecified atom stereocenters. The Morgan fingerprint density at radius 1 is 0.882 bits per heavy atom. The van der Waals surface area contributed by atoms with Gasteiger partial charge in [-0.3, -0.25) is 14.4 Å². The zero-order valence-electron chi connectivity index (χ0n) is 17.4. The van der Waals surface area contributed by atoms with Crippen molar-refractivity contribution >= 4 is 58.0 Å². The Balaban J connectivity index is 1.51. The minimum absolute atomic E-state index is 0.134. The third-order valence-corrected chi connectivity index (χ3v) is 6.65. The van der Waals surface area contributed by atoms with E-state index >= 15 is 0 Å². The number of carbonyl (C=O) groups is 1. The second-order valence-electron chi connectivity index (χ2n) is 7.49. The van der Waals surface area contributed by atoms with Crippen molar-refractivity contribution in [2.45, 2.75) is 13.1 Å². The summed E-state index contributed by atoms with van der Waals surface area (Å²) in [6.45, 7) is 0.413. The second-order valence-corrected chi connectivity index (χ2v) is 9.14. The van der Waals surface area contributed by atoms with Gasteiger partial charge in [0.05, 0.1) is 28.0 Å². The standard InChI is InChI=1S/C24H15Cl4N5O/c25-14-6-8-20-16(10-14)23(15-3-1-2-4-17(15)26)29-11-21-31-32-22(33(20)21)12-30-24(34)13-5-7-18(27)19(28)9-13/h1-10H,11-12H2,(H,30,34). The molecule has 6 nitrogen and oxygen atoms in total. The van der Waals surface area contributed by atoms with Crippen molar-refractivity contribution in [1.82, 2.24) is 20.1 Å². The van der Waals surface area contributed by atoms with Gasteiger partial charge >= 0.3 is 0 Å². The van der Waals surface area contributed by atoms with E-state index in [1.54, 1.807) is 18.2 Å². The fourth-order valence-corrected chi connectivity index (χ4v) is 4.45. The molecule has 1 aliphatic heterocycles. The lowest BCUT2D eigenvalue weighted by molar-refractivity contribution is 0.0949. The van der Waals surface area contributed by atoms with Gasteiger partial charge in [0.1, 0.15) is 6.54 Å². The summed E-state index contributed by atoms with van der Waals surface area (Å²) >= 11 is 24.8. The number of hydrogen-bond acceptors (Lipinski definition) is 4. The smallest absolute Gasteiger partial charge is 0.251 e. The molecular formula is C24H15Cl4N5O. The number of carbonyl (C=O) groups excluding carboxylic acids is 1. The van der Waals surface area contributed by atoms with Crippen molar-refractivity contribution in [3.8, 4) is 5.69 Å². The van der Waals surface area contributed by atoms with E-state index in [1.165, 1.54) is 6.07 Å². The molecule has 0 saturated carbocycles. The van der Waals surface area contributed by atoms with Crippen molar-refractivity contribution in [3.05, 3.63) is 109 Å². The first-order valence-corrected chi connectivity index (χ1v) is 11.7. The molecule has 3 aromatic carbocycles. The van der Waals surface area contributed by atoms with Gasteiger partial charge < -0.3 is 5.32 Å². The third-order valence-electron chi connectivity index (χ3n) is 5.35. The van der Waals surface area contributed by atoms with Crippen LogP contribution in [-0.4, -0.2) is 26.4 Å². The molecule has 34 heavy (non-hydrogen) atoms. The number of halogens is 4. The van der Waals surface area contributed by atoms with Crippen molar-refractivity contribution in [3.63, 3.8) is 0 Å². The summed E-state index contributed by atoms with van der Waals surface area (Å²) in [5, 5.41) is 13.3. The van der Waals surface area contributed by atoms with E-state index in [2.05, 4.69) is 15.5 Å². The largest absolute Gasteiger partial charge is 0.345 e. The molecular weight excluding hydrogens is 516 g/mol. The van der Waals surface area contributed by atoms with Crippen molar-refractivity contribution in [2.24, 2.45) is 4.99 Å². The summed E-state index contributed by atoms with van der Waals surface area (Å²) < 4.78 is 1.88. The summed E-state index contributed by atoms with van der Waals surface area (Å²) in [5.74, 6) is 0.862. The molecule has 0 saturated heterocycles. The van der Waals surface area contributed by atoms with Gasteiger partial charge in [-0.2, -0.15) is 0 Å². The number of benzene rings is 3. The van der Waals surface area contributed by atoms with Crippen LogP contribution in [0.15, 0.2) is 65.7 Å². The first-order chi connectivity index (χ1) is 16.4. The predicted molar refractivity (Wildman–Crippen MR) is 135 cm³/mol. The molecule has 10 heteroatoms. The minimum Gasteiger partial charge on any atom is -0.345 e. The maximum absolute atomic E-state index is 12.7. The van der Waals surface area contributed by atoms with Crippen molar-refractivity contribution in [1.29, 1.82) is 0 Å². The zero-order valence-corrected chi connectivity index (χ0v) is 20.4. The van der Waals surface area contributed by atoms with E-state index in [0.717, 1.165) is 16.8 Å². The normalized spacial score (nSPS) is 12.4. The van der Waals surface area contributed by atoms with Crippen LogP contribution < -0.4 is 5.32 Å². The molecule has 5 rings (SSSR count). The maximum atomic E-state index is 12.7. The van der Waals surface area contributed by atoms with Gasteiger partial charge in [-0.1, -0.05) is 64.6 Å². The number of amides is 1. The van der Waals surface area contributed by atoms with Crippen LogP contribution in [0.4, 0.5) is 0 Å². The van der Waals surface area contributed by atoms with E-state index in [9.17, 15) is 4.79 Å². The molecule has 170 valence electrons. The topological polar surface area (TPSA) is 72.2 Å². The molecule has 0 aliphatic carbocycles. The van der Waals surface area contributed by atoms with Gasteiger partial charge in [-0.05, 0) is 42.5 Å². The number of aromatic nitrogens is 3. The molecule has 0 spiro atoms. The Labute approximate surface area is 215 Å². The molecule has 2 heterocycles. The second kappa shape index (κ2) is 9.39. The number of nitrogens with one attached hydrogen (secondary N) is 1. The fraction of sp³-hybridized carbons (Fsp3) is 0.0833. The number of hydrogen-bond donors (Lipinski definition) is 1. The lowest BCUT2D eigenvalue weighted by Gasteiger charge is -2.15. The fourth-order valence-electron chi connectivity index (χ4n) is 3.76. The van der Waals surface area contributed by atoms with Gasteiger partial charge in [0.15, 0.2) is 11.6 Å². The van der Waals surface area contributed by atoms with E-state index in [-0.39, 0.29) is 19.0 Å². The summed E-state index contributed by atoms with van der Waals surface area (Å²) in [5.41, 5.74) is 3.47. The Morgan fingerprint density at radius 3 is 2.50 bits per heavy atom. The zero-order chi connectivity index (χ0) is 23.8. The van der Waals surface area contributed by atoms with Gasteiger partial charge in [0.2, 0.25) is 0 Å². The van der Waals surface area contributed by atoms with Crippen LogP contribution in [0, 0.1) is 0 Å². The molecule has 1 aromatic heterocycles. The number of nitrogens with zero attached hydrogens (tertiary/aromatic N) is 4. The molecule has 1 amide bonds. The molecule has 0 atom stereocenters. The summed E-state index contributed by atoms with van der Waals surface area (Å²) in [4.78, 5) is 17.5. The predicted octanol–water partition coefficient (Wildman–Crippen LogP) is 6.16. The van der Waals surface area contributed by atoms with Crippen LogP contribution in [-0.2, 0) is 13.1 Å². The Hall–Kier alpha value is -2.90. The average Bonchev–Trinajstić information content (AvgIpc) is 3.16. The van der Waals surface area contributed by atoms with Crippen molar-refractivity contribution < 1.29 is 4.79 Å². The van der Waals surface area contributed by atoms with E-state index in [0.29, 0.717) is 43.0 Å². The minimum atomic E-state index is -0.311. The molecule has 0 radical (unpaired) electrons. The van der Waals surface area contributed by atoms with Gasteiger partial charge in [-0.15, -0.1) is 10.2 Å². The van der Waals surface area contributed by atoms with E-state index in [1.807, 2.05) is 41.0 Å². The first-order valence-electron chi connectivity index (χ1n) is 10.2. The van der Waals surface area contributed by atoms with Crippen LogP contribution in [0.5, 0.6) is 0 Å². The summed E-state index contributed by atoms with van der Waals surface area (Å²) in [7, 11) is 0. The summed E-state index contributed by atoms with van der Waals surface area (Å²) in [6, 6.07) is 17.7. The van der Waals surface area contributed by atoms with Gasteiger partial charge in [-0.25, -0.2) is 0 Å². The highest BCUT2D eigenvalue weighted by atomic mass is 35.5. The molecule has 0 bridgehead atoms.